The van der Waals surface area contributed by atoms with Crippen LogP contribution in [-0.2, 0) is 0 Å². The van der Waals surface area contributed by atoms with Gasteiger partial charge >= 0.3 is 0 Å². The Hall–Kier alpha value is -2.26. The number of nitrogen functional groups attached to an aromatic ring is 1. The molecule has 0 aliphatic carbocycles. The van der Waals surface area contributed by atoms with Crippen LogP contribution in [0.3, 0.4) is 0 Å². The molecule has 0 aliphatic heterocycles. The van der Waals surface area contributed by atoms with Gasteiger partial charge in [-0.15, -0.1) is 0 Å². The molecule has 0 bridgehead atoms. The molecule has 0 amide bonds. The lowest BCUT2D eigenvalue weighted by molar-refractivity contribution is 0.883. The predicted octanol–water partition coefficient (Wildman–Crippen LogP) is 3.77. The Morgan fingerprint density at radius 1 is 0.947 bits per heavy atom. The Bertz CT molecular complexity index is 704. The summed E-state index contributed by atoms with van der Waals surface area (Å²) in [6.45, 7) is 0. The van der Waals surface area contributed by atoms with Crippen molar-refractivity contribution < 1.29 is 0 Å². The van der Waals surface area contributed by atoms with E-state index in [9.17, 15) is 0 Å². The van der Waals surface area contributed by atoms with E-state index < -0.39 is 0 Å². The third-order valence-electron chi connectivity index (χ3n) is 2.97. The maximum Gasteiger partial charge on any atom is 0.0890 e. The third-order valence-corrected chi connectivity index (χ3v) is 3.30. The second kappa shape index (κ2) is 4.78. The molecule has 0 saturated carbocycles. The van der Waals surface area contributed by atoms with Crippen molar-refractivity contribution in [3.05, 3.63) is 65.9 Å². The molecule has 2 aromatic carbocycles. The molecule has 0 spiro atoms. The zero-order valence-electron chi connectivity index (χ0n) is 10.1. The van der Waals surface area contributed by atoms with E-state index in [0.29, 0.717) is 10.7 Å². The van der Waals surface area contributed by atoms with Gasteiger partial charge in [-0.1, -0.05) is 48.0 Å². The number of nitrogens with zero attached hydrogens (tertiary/aromatic N) is 2. The first-order valence-corrected chi connectivity index (χ1v) is 6.28. The fourth-order valence-electron chi connectivity index (χ4n) is 1.96. The van der Waals surface area contributed by atoms with E-state index in [1.165, 1.54) is 0 Å². The Morgan fingerprint density at radius 2 is 1.74 bits per heavy atom. The quantitative estimate of drug-likeness (QED) is 0.720. The summed E-state index contributed by atoms with van der Waals surface area (Å²) in [6.07, 6.45) is 3.76. The minimum absolute atomic E-state index is 0.534. The standard InChI is InChI=1S/C15H12ClN3/c16-13-7-4-8-14(15(13)17)19-10-12(9-18-19)11-5-2-1-3-6-11/h1-10H,17H2. The normalized spacial score (nSPS) is 10.6. The molecule has 1 heterocycles. The third kappa shape index (κ3) is 2.20. The highest BCUT2D eigenvalue weighted by atomic mass is 35.5. The maximum atomic E-state index is 6.02. The summed E-state index contributed by atoms with van der Waals surface area (Å²) in [5.74, 6) is 0. The second-order valence-electron chi connectivity index (χ2n) is 4.21. The van der Waals surface area contributed by atoms with Crippen molar-refractivity contribution in [2.24, 2.45) is 0 Å². The molecule has 0 unspecified atom stereocenters. The number of hydrogen-bond donors (Lipinski definition) is 1. The van der Waals surface area contributed by atoms with Crippen LogP contribution in [-0.4, -0.2) is 9.78 Å². The maximum absolute atomic E-state index is 6.02. The lowest BCUT2D eigenvalue weighted by Gasteiger charge is -2.06. The molecular weight excluding hydrogens is 258 g/mol. The highest BCUT2D eigenvalue weighted by Gasteiger charge is 2.07. The van der Waals surface area contributed by atoms with Gasteiger partial charge in [-0.25, -0.2) is 4.68 Å². The number of halogens is 1. The number of rotatable bonds is 2. The Balaban J connectivity index is 2.05. The molecule has 94 valence electrons. The summed E-state index contributed by atoms with van der Waals surface area (Å²) in [7, 11) is 0. The van der Waals surface area contributed by atoms with E-state index in [2.05, 4.69) is 5.10 Å². The van der Waals surface area contributed by atoms with Crippen LogP contribution in [0.1, 0.15) is 0 Å². The smallest absolute Gasteiger partial charge is 0.0890 e. The SMILES string of the molecule is Nc1c(Cl)cccc1-n1cc(-c2ccccc2)cn1. The summed E-state index contributed by atoms with van der Waals surface area (Å²) < 4.78 is 1.74. The minimum atomic E-state index is 0.534. The lowest BCUT2D eigenvalue weighted by atomic mass is 10.1. The van der Waals surface area contributed by atoms with Crippen LogP contribution in [0.5, 0.6) is 0 Å². The van der Waals surface area contributed by atoms with Crippen molar-refractivity contribution in [3.63, 3.8) is 0 Å². The van der Waals surface area contributed by atoms with Crippen LogP contribution in [0.15, 0.2) is 60.9 Å². The van der Waals surface area contributed by atoms with Crippen LogP contribution in [0.2, 0.25) is 5.02 Å². The van der Waals surface area contributed by atoms with Crippen molar-refractivity contribution in [2.75, 3.05) is 5.73 Å². The first-order chi connectivity index (χ1) is 9.25. The number of benzene rings is 2. The van der Waals surface area contributed by atoms with E-state index in [-0.39, 0.29) is 0 Å². The van der Waals surface area contributed by atoms with E-state index in [1.807, 2.05) is 54.9 Å². The van der Waals surface area contributed by atoms with Crippen molar-refractivity contribution >= 4 is 17.3 Å². The number of para-hydroxylation sites is 1. The van der Waals surface area contributed by atoms with Crippen LogP contribution >= 0.6 is 11.6 Å². The summed E-state index contributed by atoms with van der Waals surface area (Å²) in [5.41, 5.74) is 9.45. The molecule has 2 N–H and O–H groups in total. The molecule has 0 radical (unpaired) electrons. The van der Waals surface area contributed by atoms with Crippen LogP contribution in [0, 0.1) is 0 Å². The van der Waals surface area contributed by atoms with Gasteiger partial charge in [0.1, 0.15) is 0 Å². The summed E-state index contributed by atoms with van der Waals surface area (Å²) >= 11 is 6.02. The molecule has 4 heteroatoms. The van der Waals surface area contributed by atoms with Crippen molar-refractivity contribution in [1.82, 2.24) is 9.78 Å². The first-order valence-electron chi connectivity index (χ1n) is 5.90. The Kier molecular flexibility index (Phi) is 2.97. The van der Waals surface area contributed by atoms with E-state index in [0.717, 1.165) is 16.8 Å². The molecule has 0 atom stereocenters. The van der Waals surface area contributed by atoms with Gasteiger partial charge in [-0.2, -0.15) is 5.10 Å². The highest BCUT2D eigenvalue weighted by molar-refractivity contribution is 6.33. The summed E-state index contributed by atoms with van der Waals surface area (Å²) in [6, 6.07) is 15.6. The summed E-state index contributed by atoms with van der Waals surface area (Å²) in [5, 5.41) is 4.88. The number of anilines is 1. The molecular formula is C15H12ClN3. The fraction of sp³-hybridized carbons (Fsp3) is 0. The molecule has 0 saturated heterocycles. The van der Waals surface area contributed by atoms with Crippen molar-refractivity contribution in [3.8, 4) is 16.8 Å². The zero-order valence-corrected chi connectivity index (χ0v) is 10.9. The zero-order chi connectivity index (χ0) is 13.2. The molecule has 19 heavy (non-hydrogen) atoms. The van der Waals surface area contributed by atoms with Gasteiger partial charge in [0, 0.05) is 11.8 Å². The second-order valence-corrected chi connectivity index (χ2v) is 4.62. The fourth-order valence-corrected chi connectivity index (χ4v) is 2.13. The number of hydrogen-bond acceptors (Lipinski definition) is 2. The Labute approximate surface area is 116 Å². The monoisotopic (exact) mass is 269 g/mol. The highest BCUT2D eigenvalue weighted by Crippen LogP contribution is 2.27. The molecule has 0 aliphatic rings. The van der Waals surface area contributed by atoms with Gasteiger partial charge < -0.3 is 5.73 Å². The van der Waals surface area contributed by atoms with Crippen LogP contribution < -0.4 is 5.73 Å². The number of aromatic nitrogens is 2. The minimum Gasteiger partial charge on any atom is -0.396 e. The molecule has 1 aromatic heterocycles. The van der Waals surface area contributed by atoms with E-state index >= 15 is 0 Å². The van der Waals surface area contributed by atoms with E-state index in [1.54, 1.807) is 10.7 Å². The van der Waals surface area contributed by atoms with Gasteiger partial charge in [0.2, 0.25) is 0 Å². The summed E-state index contributed by atoms with van der Waals surface area (Å²) in [4.78, 5) is 0. The van der Waals surface area contributed by atoms with Gasteiger partial charge in [0.05, 0.1) is 22.6 Å². The average molecular weight is 270 g/mol. The van der Waals surface area contributed by atoms with Crippen molar-refractivity contribution in [2.45, 2.75) is 0 Å². The van der Waals surface area contributed by atoms with Crippen molar-refractivity contribution in [1.29, 1.82) is 0 Å². The van der Waals surface area contributed by atoms with Gasteiger partial charge in [-0.05, 0) is 17.7 Å². The Morgan fingerprint density at radius 3 is 2.53 bits per heavy atom. The first kappa shape index (κ1) is 11.8. The average Bonchev–Trinajstić information content (AvgIpc) is 2.92. The van der Waals surface area contributed by atoms with Crippen LogP contribution in [0.25, 0.3) is 16.8 Å². The number of nitrogens with two attached hydrogens (primary N) is 1. The topological polar surface area (TPSA) is 43.8 Å². The van der Waals surface area contributed by atoms with E-state index in [4.69, 9.17) is 17.3 Å². The van der Waals surface area contributed by atoms with Gasteiger partial charge in [0.25, 0.3) is 0 Å². The molecule has 0 fully saturated rings. The lowest BCUT2D eigenvalue weighted by Crippen LogP contribution is -2.00. The largest absolute Gasteiger partial charge is 0.396 e. The molecule has 3 aromatic rings. The molecule has 3 rings (SSSR count). The predicted molar refractivity (Wildman–Crippen MR) is 78.4 cm³/mol. The van der Waals surface area contributed by atoms with Gasteiger partial charge in [-0.3, -0.25) is 0 Å². The molecule has 3 nitrogen and oxygen atoms in total. The van der Waals surface area contributed by atoms with Gasteiger partial charge in [0.15, 0.2) is 0 Å². The van der Waals surface area contributed by atoms with Crippen LogP contribution in [0.4, 0.5) is 5.69 Å².